The molecular weight excluding hydrogens is 208 g/mol. The molecule has 0 spiro atoms. The molecule has 0 fully saturated rings. The Hall–Kier alpha value is -0.900. The molecule has 2 atom stereocenters. The van der Waals surface area contributed by atoms with Crippen LogP contribution in [0.3, 0.4) is 0 Å². The van der Waals surface area contributed by atoms with Crippen LogP contribution in [0.5, 0.6) is 0 Å². The lowest BCUT2D eigenvalue weighted by atomic mass is 9.82. The summed E-state index contributed by atoms with van der Waals surface area (Å²) in [6.07, 6.45) is 0.530. The van der Waals surface area contributed by atoms with Gasteiger partial charge in [-0.3, -0.25) is 9.59 Å². The van der Waals surface area contributed by atoms with Crippen LogP contribution < -0.4 is 0 Å². The molecule has 0 saturated carbocycles. The van der Waals surface area contributed by atoms with Gasteiger partial charge in [0.05, 0.1) is 7.11 Å². The summed E-state index contributed by atoms with van der Waals surface area (Å²) in [5.41, 5.74) is -0.914. The maximum Gasteiger partial charge on any atom is 0.316 e. The SMILES string of the molecule is CCC(C)(OC)C(=O)C(C(=O)OC)C(C)C. The summed E-state index contributed by atoms with van der Waals surface area (Å²) in [5.74, 6) is -1.55. The average molecular weight is 230 g/mol. The van der Waals surface area contributed by atoms with Crippen molar-refractivity contribution in [1.29, 1.82) is 0 Å². The molecule has 0 aliphatic carbocycles. The fourth-order valence-corrected chi connectivity index (χ4v) is 1.56. The Morgan fingerprint density at radius 3 is 2.00 bits per heavy atom. The number of Topliss-reactive ketones (excluding diaryl/α,β-unsaturated/α-hetero) is 1. The largest absolute Gasteiger partial charge is 0.468 e. The minimum Gasteiger partial charge on any atom is -0.468 e. The van der Waals surface area contributed by atoms with Crippen molar-refractivity contribution in [3.05, 3.63) is 0 Å². The van der Waals surface area contributed by atoms with Crippen LogP contribution in [0, 0.1) is 11.8 Å². The van der Waals surface area contributed by atoms with Crippen molar-refractivity contribution >= 4 is 11.8 Å². The Bertz CT molecular complexity index is 254. The van der Waals surface area contributed by atoms with Gasteiger partial charge in [0.25, 0.3) is 0 Å². The predicted octanol–water partition coefficient (Wildman–Crippen LogP) is 1.82. The quantitative estimate of drug-likeness (QED) is 0.516. The summed E-state index contributed by atoms with van der Waals surface area (Å²) in [5, 5.41) is 0. The van der Waals surface area contributed by atoms with Crippen molar-refractivity contribution < 1.29 is 19.1 Å². The topological polar surface area (TPSA) is 52.6 Å². The number of esters is 1. The van der Waals surface area contributed by atoms with E-state index in [1.807, 2.05) is 20.8 Å². The van der Waals surface area contributed by atoms with Gasteiger partial charge in [0.15, 0.2) is 5.78 Å². The van der Waals surface area contributed by atoms with Crippen molar-refractivity contribution in [2.45, 2.75) is 39.7 Å². The monoisotopic (exact) mass is 230 g/mol. The summed E-state index contributed by atoms with van der Waals surface area (Å²) in [4.78, 5) is 23.8. The standard InChI is InChI=1S/C12H22O4/c1-7-12(4,16-6)10(13)9(8(2)3)11(14)15-5/h8-9H,7H2,1-6H3. The number of carbonyl (C=O) groups excluding carboxylic acids is 2. The first-order valence-electron chi connectivity index (χ1n) is 5.51. The second-order valence-electron chi connectivity index (χ2n) is 4.40. The van der Waals surface area contributed by atoms with Crippen molar-refractivity contribution in [2.24, 2.45) is 11.8 Å². The zero-order valence-corrected chi connectivity index (χ0v) is 11.0. The predicted molar refractivity (Wildman–Crippen MR) is 61.1 cm³/mol. The lowest BCUT2D eigenvalue weighted by molar-refractivity contribution is -0.159. The third-order valence-corrected chi connectivity index (χ3v) is 3.05. The van der Waals surface area contributed by atoms with E-state index in [1.165, 1.54) is 14.2 Å². The highest BCUT2D eigenvalue weighted by Crippen LogP contribution is 2.25. The van der Waals surface area contributed by atoms with Crippen molar-refractivity contribution in [3.8, 4) is 0 Å². The Morgan fingerprint density at radius 2 is 1.75 bits per heavy atom. The lowest BCUT2D eigenvalue weighted by Crippen LogP contribution is -2.46. The molecule has 0 bridgehead atoms. The molecule has 0 aliphatic heterocycles. The number of hydrogen-bond acceptors (Lipinski definition) is 4. The van der Waals surface area contributed by atoms with Gasteiger partial charge in [0.2, 0.25) is 0 Å². The van der Waals surface area contributed by atoms with Gasteiger partial charge in [-0.2, -0.15) is 0 Å². The number of ether oxygens (including phenoxy) is 2. The molecule has 0 N–H and O–H groups in total. The van der Waals surface area contributed by atoms with E-state index in [2.05, 4.69) is 4.74 Å². The molecule has 0 rings (SSSR count). The minimum atomic E-state index is -0.914. The van der Waals surface area contributed by atoms with E-state index in [1.54, 1.807) is 6.92 Å². The highest BCUT2D eigenvalue weighted by molar-refractivity contribution is 6.03. The molecular formula is C12H22O4. The number of methoxy groups -OCH3 is 2. The number of rotatable bonds is 6. The second-order valence-corrected chi connectivity index (χ2v) is 4.40. The first kappa shape index (κ1) is 15.1. The maximum absolute atomic E-state index is 12.2. The average Bonchev–Trinajstić information content (AvgIpc) is 2.27. The highest BCUT2D eigenvalue weighted by atomic mass is 16.5. The third kappa shape index (κ3) is 3.04. The van der Waals surface area contributed by atoms with Gasteiger partial charge in [-0.25, -0.2) is 0 Å². The Morgan fingerprint density at radius 1 is 1.25 bits per heavy atom. The normalized spacial score (nSPS) is 16.7. The van der Waals surface area contributed by atoms with Gasteiger partial charge in [-0.1, -0.05) is 20.8 Å². The van der Waals surface area contributed by atoms with Crippen molar-refractivity contribution in [1.82, 2.24) is 0 Å². The first-order valence-corrected chi connectivity index (χ1v) is 5.51. The van der Waals surface area contributed by atoms with Crippen LogP contribution in [0.4, 0.5) is 0 Å². The fraction of sp³-hybridized carbons (Fsp3) is 0.833. The van der Waals surface area contributed by atoms with Crippen LogP contribution in [0.25, 0.3) is 0 Å². The van der Waals surface area contributed by atoms with E-state index in [4.69, 9.17) is 4.74 Å². The van der Waals surface area contributed by atoms with Crippen molar-refractivity contribution in [3.63, 3.8) is 0 Å². The first-order chi connectivity index (χ1) is 7.33. The second kappa shape index (κ2) is 5.99. The van der Waals surface area contributed by atoms with E-state index < -0.39 is 17.5 Å². The summed E-state index contributed by atoms with van der Waals surface area (Å²) < 4.78 is 9.88. The fourth-order valence-electron chi connectivity index (χ4n) is 1.56. The number of hydrogen-bond donors (Lipinski definition) is 0. The maximum atomic E-state index is 12.2. The van der Waals surface area contributed by atoms with Crippen LogP contribution in [0.15, 0.2) is 0 Å². The molecule has 4 nitrogen and oxygen atoms in total. The molecule has 94 valence electrons. The molecule has 0 radical (unpaired) electrons. The highest BCUT2D eigenvalue weighted by Gasteiger charge is 2.42. The molecule has 0 aromatic heterocycles. The van der Waals surface area contributed by atoms with Crippen LogP contribution in [0.1, 0.15) is 34.1 Å². The minimum absolute atomic E-state index is 0.0963. The van der Waals surface area contributed by atoms with Crippen LogP contribution in [0.2, 0.25) is 0 Å². The van der Waals surface area contributed by atoms with Gasteiger partial charge in [-0.15, -0.1) is 0 Å². The van der Waals surface area contributed by atoms with E-state index in [9.17, 15) is 9.59 Å². The third-order valence-electron chi connectivity index (χ3n) is 3.05. The molecule has 2 unspecified atom stereocenters. The van der Waals surface area contributed by atoms with E-state index in [0.717, 1.165) is 0 Å². The number of ketones is 1. The van der Waals surface area contributed by atoms with Gasteiger partial charge in [0, 0.05) is 7.11 Å². The van der Waals surface area contributed by atoms with Gasteiger partial charge in [0.1, 0.15) is 11.5 Å². The molecule has 0 heterocycles. The van der Waals surface area contributed by atoms with Crippen LogP contribution in [-0.4, -0.2) is 31.6 Å². The zero-order valence-electron chi connectivity index (χ0n) is 11.0. The smallest absolute Gasteiger partial charge is 0.316 e. The van der Waals surface area contributed by atoms with E-state index in [-0.39, 0.29) is 11.7 Å². The van der Waals surface area contributed by atoms with Gasteiger partial charge >= 0.3 is 5.97 Å². The molecule has 0 aliphatic rings. The lowest BCUT2D eigenvalue weighted by Gasteiger charge is -2.30. The van der Waals surface area contributed by atoms with E-state index >= 15 is 0 Å². The van der Waals surface area contributed by atoms with Gasteiger partial charge < -0.3 is 9.47 Å². The zero-order chi connectivity index (χ0) is 12.9. The van der Waals surface area contributed by atoms with Crippen LogP contribution >= 0.6 is 0 Å². The van der Waals surface area contributed by atoms with Crippen molar-refractivity contribution in [2.75, 3.05) is 14.2 Å². The summed E-state index contributed by atoms with van der Waals surface area (Å²) >= 11 is 0. The Balaban J connectivity index is 5.09. The summed E-state index contributed by atoms with van der Waals surface area (Å²) in [6.45, 7) is 7.21. The molecule has 0 saturated heterocycles. The molecule has 4 heteroatoms. The molecule has 0 amide bonds. The molecule has 0 aromatic carbocycles. The molecule has 16 heavy (non-hydrogen) atoms. The van der Waals surface area contributed by atoms with Gasteiger partial charge in [-0.05, 0) is 19.3 Å². The Kier molecular flexibility index (Phi) is 5.65. The number of carbonyl (C=O) groups is 2. The van der Waals surface area contributed by atoms with E-state index in [0.29, 0.717) is 6.42 Å². The van der Waals surface area contributed by atoms with Crippen LogP contribution in [-0.2, 0) is 19.1 Å². The summed E-state index contributed by atoms with van der Waals surface area (Å²) in [7, 11) is 2.77. The molecule has 0 aromatic rings. The summed E-state index contributed by atoms with van der Waals surface area (Å²) in [6, 6.07) is 0. The Labute approximate surface area is 97.3 Å².